The van der Waals surface area contributed by atoms with Crippen molar-refractivity contribution in [2.75, 3.05) is 0 Å². The monoisotopic (exact) mass is 2580 g/mol. The third-order valence-electron chi connectivity index (χ3n) is 12.1. The molecule has 0 heterocycles. The minimum atomic E-state index is -0.132. The average Bonchev–Trinajstić information content (AvgIpc) is 3.39. The first kappa shape index (κ1) is 68.0. The highest BCUT2D eigenvalue weighted by molar-refractivity contribution is 9.18. The van der Waals surface area contributed by atoms with Crippen LogP contribution in [0, 0.1) is 0 Å². The van der Waals surface area contributed by atoms with E-state index in [2.05, 4.69) is 436 Å². The van der Waals surface area contributed by atoms with Gasteiger partial charge in [-0.1, -0.05) is 37.3 Å². The minimum absolute atomic E-state index is 0.132. The van der Waals surface area contributed by atoms with Crippen molar-refractivity contribution in [3.05, 3.63) is 209 Å². The van der Waals surface area contributed by atoms with E-state index in [9.17, 15) is 0 Å². The smallest absolute Gasteiger partial charge is 0.0482 e. The summed E-state index contributed by atoms with van der Waals surface area (Å²) in [5.74, 6) is -0.132. The van der Waals surface area contributed by atoms with E-state index < -0.39 is 0 Å². The molecule has 0 aromatic heterocycles. The molecule has 7 aromatic carbocycles. The average molecular weight is 2610 g/mol. The van der Waals surface area contributed by atoms with Crippen molar-refractivity contribution in [3.63, 3.8) is 0 Å². The maximum Gasteiger partial charge on any atom is 0.0482 e. The summed E-state index contributed by atoms with van der Waals surface area (Å²) in [5.41, 5.74) is 13.4. The Morgan fingerprint density at radius 2 is 0.378 bits per heavy atom. The fraction of sp³-hybridized carbons (Fsp3) is 0.143. The van der Waals surface area contributed by atoms with Crippen LogP contribution in [0.15, 0.2) is 142 Å². The summed E-state index contributed by atoms with van der Waals surface area (Å²) in [5, 5.41) is 0. The lowest BCUT2D eigenvalue weighted by molar-refractivity contribution is 0.838. The van der Waals surface area contributed by atoms with E-state index in [4.69, 9.17) is 0 Å². The second kappa shape index (κ2) is 28.8. The van der Waals surface area contributed by atoms with Crippen molar-refractivity contribution in [1.82, 2.24) is 0 Å². The van der Waals surface area contributed by atoms with Gasteiger partial charge >= 0.3 is 0 Å². The Morgan fingerprint density at radius 3 is 0.581 bits per heavy atom. The van der Waals surface area contributed by atoms with Crippen molar-refractivity contribution in [2.24, 2.45) is 0 Å². The summed E-state index contributed by atoms with van der Waals surface area (Å²) in [6.45, 7) is 2.34. The standard InChI is InChI=1S/C49H19Br25/c1-12(13-5-3-2-4-6-13)24-17(10-22-31(56)41(66)48(73)42(67)32(22)57)15(8-20-27(52)37(62)46(71)38(63)28(20)53)14(7-19-25(50)35(60)45(70)36(61)26(19)51)16(9-21-29(54)39(64)47(72)40(65)30(21)55)18(24)11-23-33(58)43(68)49(74)44(69)34(23)59/h2-6,12H,7-11H2,1H3. The van der Waals surface area contributed by atoms with Crippen LogP contribution < -0.4 is 0 Å². The van der Waals surface area contributed by atoms with E-state index in [0.717, 1.165) is 156 Å². The molecule has 1 unspecified atom stereocenters. The normalized spacial score (nSPS) is 12.1. The molecule has 0 saturated heterocycles. The zero-order valence-corrected chi connectivity index (χ0v) is 75.6. The van der Waals surface area contributed by atoms with Crippen LogP contribution in [-0.2, 0) is 32.1 Å². The molecule has 390 valence electrons. The largest absolute Gasteiger partial charge is 0.0622 e. The molecule has 0 aliphatic rings. The summed E-state index contributed by atoms with van der Waals surface area (Å²) in [4.78, 5) is 0. The van der Waals surface area contributed by atoms with Gasteiger partial charge in [-0.25, -0.2) is 0 Å². The molecule has 0 aliphatic carbocycles. The molecule has 1 atom stereocenters. The molecule has 0 nitrogen and oxygen atoms in total. The molecule has 0 bridgehead atoms. The van der Waals surface area contributed by atoms with E-state index in [1.807, 2.05) is 0 Å². The Bertz CT molecular complexity index is 3180. The van der Waals surface area contributed by atoms with Crippen molar-refractivity contribution >= 4 is 398 Å². The van der Waals surface area contributed by atoms with Gasteiger partial charge in [0.05, 0.1) is 0 Å². The first-order valence-electron chi connectivity index (χ1n) is 20.3. The molecular formula is C49H19Br25. The number of benzene rings is 7. The van der Waals surface area contributed by atoms with Crippen LogP contribution in [0.25, 0.3) is 0 Å². The van der Waals surface area contributed by atoms with E-state index in [0.29, 0.717) is 32.1 Å². The summed E-state index contributed by atoms with van der Waals surface area (Å²) in [6, 6.07) is 10.8. The van der Waals surface area contributed by atoms with Gasteiger partial charge in [0.2, 0.25) is 0 Å². The van der Waals surface area contributed by atoms with Gasteiger partial charge in [0.1, 0.15) is 0 Å². The third kappa shape index (κ3) is 13.6. The van der Waals surface area contributed by atoms with E-state index in [1.54, 1.807) is 0 Å². The van der Waals surface area contributed by atoms with Crippen LogP contribution in [0.2, 0.25) is 0 Å². The number of halogens is 25. The van der Waals surface area contributed by atoms with Gasteiger partial charge in [-0.15, -0.1) is 0 Å². The van der Waals surface area contributed by atoms with Crippen molar-refractivity contribution in [2.45, 2.75) is 44.9 Å². The van der Waals surface area contributed by atoms with Crippen molar-refractivity contribution in [3.8, 4) is 0 Å². The molecule has 25 heteroatoms. The lowest BCUT2D eigenvalue weighted by Crippen LogP contribution is -2.19. The molecule has 0 radical (unpaired) electrons. The van der Waals surface area contributed by atoms with Gasteiger partial charge in [0, 0.05) is 150 Å². The molecule has 7 rings (SSSR count). The maximum atomic E-state index is 4.11. The van der Waals surface area contributed by atoms with E-state index in [-0.39, 0.29) is 5.92 Å². The Hall–Kier alpha value is 6.54. The second-order valence-electron chi connectivity index (χ2n) is 16.1. The van der Waals surface area contributed by atoms with E-state index in [1.165, 1.54) is 22.3 Å². The lowest BCUT2D eigenvalue weighted by Gasteiger charge is -2.33. The lowest BCUT2D eigenvalue weighted by atomic mass is 9.73. The molecule has 0 fully saturated rings. The van der Waals surface area contributed by atoms with Gasteiger partial charge in [-0.2, -0.15) is 0 Å². The summed E-state index contributed by atoms with van der Waals surface area (Å²) >= 11 is 99.9. The van der Waals surface area contributed by atoms with Gasteiger partial charge in [-0.3, -0.25) is 0 Å². The maximum absolute atomic E-state index is 4.11. The fourth-order valence-electron chi connectivity index (χ4n) is 8.44. The highest BCUT2D eigenvalue weighted by atomic mass is 79.9. The van der Waals surface area contributed by atoms with Crippen LogP contribution in [0.4, 0.5) is 0 Å². The Morgan fingerprint density at radius 1 is 0.216 bits per heavy atom. The molecule has 0 N–H and O–H groups in total. The molecule has 0 spiro atoms. The Labute approximate surface area is 639 Å². The zero-order valence-electron chi connectivity index (χ0n) is 35.9. The molecule has 7 aromatic rings. The number of hydrogen-bond acceptors (Lipinski definition) is 0. The third-order valence-corrected chi connectivity index (χ3v) is 43.4. The van der Waals surface area contributed by atoms with Crippen LogP contribution >= 0.6 is 398 Å². The van der Waals surface area contributed by atoms with Crippen LogP contribution in [-0.4, -0.2) is 0 Å². The van der Waals surface area contributed by atoms with Gasteiger partial charge in [0.15, 0.2) is 0 Å². The van der Waals surface area contributed by atoms with Crippen LogP contribution in [0.1, 0.15) is 79.6 Å². The molecule has 0 saturated carbocycles. The fourth-order valence-corrected chi connectivity index (χ4v) is 25.5. The predicted molar refractivity (Wildman–Crippen MR) is 399 cm³/mol. The molecule has 0 amide bonds. The van der Waals surface area contributed by atoms with Crippen LogP contribution in [0.3, 0.4) is 0 Å². The Balaban J connectivity index is 1.86. The summed E-state index contributed by atoms with van der Waals surface area (Å²) in [7, 11) is 0. The Kier molecular flexibility index (Phi) is 26.5. The SMILES string of the molecule is CC(c1ccccc1)c1c(Cc2c(Br)c(Br)c(Br)c(Br)c2Br)c(Cc2c(Br)c(Br)c(Br)c(Br)c2Br)c(Cc2c(Br)c(Br)c(Br)c(Br)c2Br)c(Cc2c(Br)c(Br)c(Br)c(Br)c2Br)c1Cc1c(Br)c(Br)c(Br)c(Br)c1Br. The summed E-state index contributed by atoms with van der Waals surface area (Å²) < 4.78 is 22.4. The number of hydrogen-bond donors (Lipinski definition) is 0. The van der Waals surface area contributed by atoms with Gasteiger partial charge in [-0.05, 0) is 465 Å². The van der Waals surface area contributed by atoms with Crippen molar-refractivity contribution in [1.29, 1.82) is 0 Å². The van der Waals surface area contributed by atoms with Crippen LogP contribution in [0.5, 0.6) is 0 Å². The second-order valence-corrected chi connectivity index (χ2v) is 35.9. The number of rotatable bonds is 12. The molecule has 0 aliphatic heterocycles. The first-order chi connectivity index (χ1) is 34.6. The highest BCUT2D eigenvalue weighted by Crippen LogP contribution is 2.55. The molecular weight excluding hydrogens is 2590 g/mol. The van der Waals surface area contributed by atoms with Gasteiger partial charge < -0.3 is 0 Å². The quantitative estimate of drug-likeness (QED) is 0.0845. The zero-order chi connectivity index (χ0) is 55.0. The highest BCUT2D eigenvalue weighted by Gasteiger charge is 2.34. The molecule has 74 heavy (non-hydrogen) atoms. The van der Waals surface area contributed by atoms with Crippen molar-refractivity contribution < 1.29 is 0 Å². The summed E-state index contributed by atoms with van der Waals surface area (Å²) in [6.07, 6.45) is 2.51. The first-order valence-corrected chi connectivity index (χ1v) is 40.2. The minimum Gasteiger partial charge on any atom is -0.0622 e. The van der Waals surface area contributed by atoms with Gasteiger partial charge in [0.25, 0.3) is 0 Å². The predicted octanol–water partition coefficient (Wildman–Crippen LogP) is 30.9. The van der Waals surface area contributed by atoms with E-state index >= 15 is 0 Å². The topological polar surface area (TPSA) is 0 Å².